The molecule has 0 amide bonds. The highest BCUT2D eigenvalue weighted by Crippen LogP contribution is 2.21. The van der Waals surface area contributed by atoms with E-state index in [0.717, 1.165) is 5.75 Å². The second-order valence-corrected chi connectivity index (χ2v) is 4.26. The minimum absolute atomic E-state index is 0.538. The number of rotatable bonds is 4. The Hall–Kier alpha value is -0.470. The second kappa shape index (κ2) is 5.30. The molecular weight excluding hydrogens is 178 g/mol. The van der Waals surface area contributed by atoms with Gasteiger partial charge in [-0.2, -0.15) is 11.8 Å². The van der Waals surface area contributed by atoms with Crippen molar-refractivity contribution in [2.45, 2.75) is 6.04 Å². The third-order valence-corrected chi connectivity index (χ3v) is 2.78. The zero-order chi connectivity index (χ0) is 9.68. The Morgan fingerprint density at radius 1 is 1.23 bits per heavy atom. The second-order valence-electron chi connectivity index (χ2n) is 3.35. The van der Waals surface area contributed by atoms with Crippen LogP contribution < -0.4 is 0 Å². The summed E-state index contributed by atoms with van der Waals surface area (Å²) in [7, 11) is 4.27. The maximum Gasteiger partial charge on any atom is 0.0432 e. The first-order chi connectivity index (χ1) is 6.25. The average Bonchev–Trinajstić information content (AvgIpc) is 2.15. The van der Waals surface area contributed by atoms with Gasteiger partial charge in [0.1, 0.15) is 0 Å². The maximum atomic E-state index is 2.27. The van der Waals surface area contributed by atoms with Gasteiger partial charge in [0.25, 0.3) is 0 Å². The van der Waals surface area contributed by atoms with Crippen LogP contribution in [-0.4, -0.2) is 31.0 Å². The van der Waals surface area contributed by atoms with Crippen molar-refractivity contribution in [3.63, 3.8) is 0 Å². The summed E-state index contributed by atoms with van der Waals surface area (Å²) in [6.45, 7) is 0. The minimum atomic E-state index is 0.538. The van der Waals surface area contributed by atoms with Crippen LogP contribution in [0.3, 0.4) is 0 Å². The van der Waals surface area contributed by atoms with Crippen molar-refractivity contribution in [3.05, 3.63) is 35.9 Å². The molecule has 2 heteroatoms. The van der Waals surface area contributed by atoms with Crippen LogP contribution in [0, 0.1) is 0 Å². The van der Waals surface area contributed by atoms with E-state index in [4.69, 9.17) is 0 Å². The molecule has 1 aromatic rings. The summed E-state index contributed by atoms with van der Waals surface area (Å²) in [6, 6.07) is 11.2. The maximum absolute atomic E-state index is 2.27. The zero-order valence-electron chi connectivity index (χ0n) is 8.53. The van der Waals surface area contributed by atoms with E-state index in [1.807, 2.05) is 11.8 Å². The molecule has 13 heavy (non-hydrogen) atoms. The summed E-state index contributed by atoms with van der Waals surface area (Å²) in [4.78, 5) is 2.27. The van der Waals surface area contributed by atoms with Crippen LogP contribution in [0.25, 0.3) is 0 Å². The molecule has 0 bridgehead atoms. The van der Waals surface area contributed by atoms with Crippen molar-refractivity contribution in [2.75, 3.05) is 26.1 Å². The topological polar surface area (TPSA) is 3.24 Å². The smallest absolute Gasteiger partial charge is 0.0432 e. The number of benzene rings is 1. The van der Waals surface area contributed by atoms with E-state index < -0.39 is 0 Å². The van der Waals surface area contributed by atoms with Gasteiger partial charge >= 0.3 is 0 Å². The zero-order valence-corrected chi connectivity index (χ0v) is 9.34. The summed E-state index contributed by atoms with van der Waals surface area (Å²) in [6.07, 6.45) is 2.15. The first-order valence-electron chi connectivity index (χ1n) is 4.46. The van der Waals surface area contributed by atoms with Gasteiger partial charge < -0.3 is 4.90 Å². The van der Waals surface area contributed by atoms with Crippen molar-refractivity contribution < 1.29 is 0 Å². The molecule has 0 unspecified atom stereocenters. The van der Waals surface area contributed by atoms with E-state index in [2.05, 4.69) is 55.6 Å². The summed E-state index contributed by atoms with van der Waals surface area (Å²) in [5.41, 5.74) is 1.40. The predicted octanol–water partition coefficient (Wildman–Crippen LogP) is 2.65. The highest BCUT2D eigenvalue weighted by molar-refractivity contribution is 7.98. The number of hydrogen-bond acceptors (Lipinski definition) is 2. The SMILES string of the molecule is CSC[C@H](c1ccccc1)N(C)C. The molecule has 0 aliphatic rings. The Morgan fingerprint density at radius 2 is 1.85 bits per heavy atom. The van der Waals surface area contributed by atoms with E-state index in [0.29, 0.717) is 6.04 Å². The Labute approximate surface area is 85.1 Å². The van der Waals surface area contributed by atoms with Gasteiger partial charge in [-0.25, -0.2) is 0 Å². The van der Waals surface area contributed by atoms with Crippen molar-refractivity contribution >= 4 is 11.8 Å². The third kappa shape index (κ3) is 3.05. The summed E-state index contributed by atoms with van der Waals surface area (Å²) < 4.78 is 0. The fraction of sp³-hybridized carbons (Fsp3) is 0.455. The van der Waals surface area contributed by atoms with Gasteiger partial charge in [0, 0.05) is 11.8 Å². The highest BCUT2D eigenvalue weighted by Gasteiger charge is 2.11. The standard InChI is InChI=1S/C11H17NS/c1-12(2)11(9-13-3)10-7-5-4-6-8-10/h4-8,11H,9H2,1-3H3/t11-/m1/s1. The van der Waals surface area contributed by atoms with E-state index in [-0.39, 0.29) is 0 Å². The van der Waals surface area contributed by atoms with Crippen LogP contribution in [0.15, 0.2) is 30.3 Å². The van der Waals surface area contributed by atoms with Crippen LogP contribution in [0.4, 0.5) is 0 Å². The Balaban J connectivity index is 2.76. The van der Waals surface area contributed by atoms with E-state index in [1.165, 1.54) is 5.56 Å². The van der Waals surface area contributed by atoms with Crippen LogP contribution in [-0.2, 0) is 0 Å². The molecule has 0 fully saturated rings. The summed E-state index contributed by atoms with van der Waals surface area (Å²) in [5, 5.41) is 0. The van der Waals surface area contributed by atoms with Crippen molar-refractivity contribution in [1.29, 1.82) is 0 Å². The Bertz CT molecular complexity index is 233. The average molecular weight is 195 g/mol. The van der Waals surface area contributed by atoms with Crippen LogP contribution in [0.1, 0.15) is 11.6 Å². The number of hydrogen-bond donors (Lipinski definition) is 0. The van der Waals surface area contributed by atoms with Crippen LogP contribution >= 0.6 is 11.8 Å². The lowest BCUT2D eigenvalue weighted by Crippen LogP contribution is -2.21. The lowest BCUT2D eigenvalue weighted by atomic mass is 10.1. The fourth-order valence-corrected chi connectivity index (χ4v) is 2.18. The quantitative estimate of drug-likeness (QED) is 0.726. The van der Waals surface area contributed by atoms with Gasteiger partial charge in [-0.1, -0.05) is 30.3 Å². The molecule has 1 aromatic carbocycles. The van der Waals surface area contributed by atoms with Crippen molar-refractivity contribution in [3.8, 4) is 0 Å². The third-order valence-electron chi connectivity index (χ3n) is 2.13. The van der Waals surface area contributed by atoms with Gasteiger partial charge in [-0.05, 0) is 25.9 Å². The molecule has 0 aromatic heterocycles. The number of thioether (sulfide) groups is 1. The van der Waals surface area contributed by atoms with Gasteiger partial charge in [0.05, 0.1) is 0 Å². The molecule has 1 atom stereocenters. The first kappa shape index (κ1) is 10.6. The fourth-order valence-electron chi connectivity index (χ4n) is 1.38. The van der Waals surface area contributed by atoms with Gasteiger partial charge in [0.15, 0.2) is 0 Å². The summed E-state index contributed by atoms with van der Waals surface area (Å²) in [5.74, 6) is 1.15. The molecule has 0 radical (unpaired) electrons. The molecule has 0 N–H and O–H groups in total. The Morgan fingerprint density at radius 3 is 2.31 bits per heavy atom. The Kier molecular flexibility index (Phi) is 4.33. The molecule has 1 nitrogen and oxygen atoms in total. The number of nitrogens with zero attached hydrogens (tertiary/aromatic N) is 1. The first-order valence-corrected chi connectivity index (χ1v) is 5.85. The van der Waals surface area contributed by atoms with E-state index in [9.17, 15) is 0 Å². The largest absolute Gasteiger partial charge is 0.302 e. The van der Waals surface area contributed by atoms with E-state index >= 15 is 0 Å². The molecule has 1 rings (SSSR count). The molecule has 0 saturated heterocycles. The summed E-state index contributed by atoms with van der Waals surface area (Å²) >= 11 is 1.89. The normalized spacial score (nSPS) is 13.2. The van der Waals surface area contributed by atoms with Gasteiger partial charge in [0.2, 0.25) is 0 Å². The highest BCUT2D eigenvalue weighted by atomic mass is 32.2. The monoisotopic (exact) mass is 195 g/mol. The van der Waals surface area contributed by atoms with Crippen molar-refractivity contribution in [2.24, 2.45) is 0 Å². The lowest BCUT2D eigenvalue weighted by molar-refractivity contribution is 0.326. The van der Waals surface area contributed by atoms with Crippen molar-refractivity contribution in [1.82, 2.24) is 4.90 Å². The molecule has 0 aliphatic heterocycles. The van der Waals surface area contributed by atoms with Gasteiger partial charge in [-0.15, -0.1) is 0 Å². The molecule has 0 spiro atoms. The molecule has 72 valence electrons. The molecule has 0 aliphatic carbocycles. The molecular formula is C11H17NS. The van der Waals surface area contributed by atoms with Gasteiger partial charge in [-0.3, -0.25) is 0 Å². The lowest BCUT2D eigenvalue weighted by Gasteiger charge is -2.23. The molecule has 0 saturated carbocycles. The predicted molar refractivity (Wildman–Crippen MR) is 61.3 cm³/mol. The van der Waals surface area contributed by atoms with E-state index in [1.54, 1.807) is 0 Å². The molecule has 0 heterocycles. The van der Waals surface area contributed by atoms with Crippen LogP contribution in [0.2, 0.25) is 0 Å². The van der Waals surface area contributed by atoms with Crippen LogP contribution in [0.5, 0.6) is 0 Å². The minimum Gasteiger partial charge on any atom is -0.302 e.